The molecule has 0 saturated heterocycles. The van der Waals surface area contributed by atoms with E-state index in [0.717, 1.165) is 31.9 Å². The topological polar surface area (TPSA) is 85.2 Å². The number of nitrogens with one attached hydrogen (secondary N) is 1. The summed E-state index contributed by atoms with van der Waals surface area (Å²) >= 11 is 0. The summed E-state index contributed by atoms with van der Waals surface area (Å²) in [6, 6.07) is 17.4. The fourth-order valence-electron chi connectivity index (χ4n) is 3.91. The van der Waals surface area contributed by atoms with Gasteiger partial charge in [0.15, 0.2) is 5.82 Å². The van der Waals surface area contributed by atoms with E-state index in [2.05, 4.69) is 16.6 Å². The van der Waals surface area contributed by atoms with E-state index >= 15 is 4.39 Å². The summed E-state index contributed by atoms with van der Waals surface area (Å²) in [5.41, 5.74) is 3.26. The second kappa shape index (κ2) is 9.24. The number of nitro benzene ring substituents is 1. The SMILES string of the molecule is CCCCc1ccc(-c2ccc3cc(-c4ccc(C(=O)OC)c([N+](=O)[O-])c4)[nH]c3c2F)cc1. The van der Waals surface area contributed by atoms with Crippen molar-refractivity contribution in [3.05, 3.63) is 87.7 Å². The maximum atomic E-state index is 15.4. The fourth-order valence-corrected chi connectivity index (χ4v) is 3.91. The van der Waals surface area contributed by atoms with E-state index in [9.17, 15) is 14.9 Å². The Kier molecular flexibility index (Phi) is 6.22. The molecule has 0 bridgehead atoms. The van der Waals surface area contributed by atoms with E-state index in [-0.39, 0.29) is 17.1 Å². The molecular weight excluding hydrogens is 423 g/mol. The number of unbranched alkanes of at least 4 members (excludes halogenated alkanes) is 1. The standard InChI is InChI=1S/C26H23FN2O4/c1-3-4-5-16-6-8-17(9-7-16)20-12-11-19-14-22(28-25(19)24(20)27)18-10-13-21(26(30)33-2)23(15-18)29(31)32/h6-15,28H,3-5H2,1-2H3. The van der Waals surface area contributed by atoms with Crippen molar-refractivity contribution >= 4 is 22.6 Å². The molecule has 1 heterocycles. The Morgan fingerprint density at radius 2 is 1.79 bits per heavy atom. The molecule has 0 amide bonds. The van der Waals surface area contributed by atoms with Crippen molar-refractivity contribution < 1.29 is 18.8 Å². The number of fused-ring (bicyclic) bond motifs is 1. The number of carbonyl (C=O) groups is 1. The van der Waals surface area contributed by atoms with Crippen LogP contribution in [0.2, 0.25) is 0 Å². The van der Waals surface area contributed by atoms with Crippen LogP contribution in [0.3, 0.4) is 0 Å². The summed E-state index contributed by atoms with van der Waals surface area (Å²) in [4.78, 5) is 25.7. The molecule has 33 heavy (non-hydrogen) atoms. The average Bonchev–Trinajstić information content (AvgIpc) is 3.28. The molecule has 7 heteroatoms. The van der Waals surface area contributed by atoms with Crippen LogP contribution in [0.5, 0.6) is 0 Å². The highest BCUT2D eigenvalue weighted by Crippen LogP contribution is 2.33. The molecule has 0 saturated carbocycles. The minimum Gasteiger partial charge on any atom is -0.465 e. The van der Waals surface area contributed by atoms with Gasteiger partial charge in [0, 0.05) is 28.3 Å². The summed E-state index contributed by atoms with van der Waals surface area (Å²) in [6.07, 6.45) is 3.24. The summed E-state index contributed by atoms with van der Waals surface area (Å²) in [5, 5.41) is 12.1. The lowest BCUT2D eigenvalue weighted by Gasteiger charge is -2.06. The van der Waals surface area contributed by atoms with Gasteiger partial charge in [-0.1, -0.05) is 55.8 Å². The molecule has 0 aliphatic heterocycles. The zero-order chi connectivity index (χ0) is 23.5. The molecule has 0 radical (unpaired) electrons. The molecule has 3 aromatic carbocycles. The molecule has 168 valence electrons. The lowest BCUT2D eigenvalue weighted by atomic mass is 10.0. The first-order valence-corrected chi connectivity index (χ1v) is 10.7. The molecule has 1 N–H and O–H groups in total. The first kappa shape index (κ1) is 22.2. The molecule has 0 fully saturated rings. The lowest BCUT2D eigenvalue weighted by molar-refractivity contribution is -0.385. The predicted octanol–water partition coefficient (Wildman–Crippen LogP) is 6.68. The Bertz CT molecular complexity index is 1340. The van der Waals surface area contributed by atoms with Gasteiger partial charge in [0.05, 0.1) is 17.5 Å². The van der Waals surface area contributed by atoms with E-state index in [0.29, 0.717) is 27.7 Å². The summed E-state index contributed by atoms with van der Waals surface area (Å²) in [5.74, 6) is -1.18. The van der Waals surface area contributed by atoms with Gasteiger partial charge in [0.25, 0.3) is 5.69 Å². The van der Waals surface area contributed by atoms with Gasteiger partial charge < -0.3 is 9.72 Å². The van der Waals surface area contributed by atoms with Gasteiger partial charge in [-0.15, -0.1) is 0 Å². The second-order valence-electron chi connectivity index (χ2n) is 7.86. The first-order valence-electron chi connectivity index (χ1n) is 10.7. The van der Waals surface area contributed by atoms with Crippen molar-refractivity contribution in [2.75, 3.05) is 7.11 Å². The number of ether oxygens (including phenoxy) is 1. The summed E-state index contributed by atoms with van der Waals surface area (Å²) in [6.45, 7) is 2.15. The Balaban J connectivity index is 1.72. The molecule has 0 unspecified atom stereocenters. The van der Waals surface area contributed by atoms with Crippen LogP contribution in [0, 0.1) is 15.9 Å². The first-order chi connectivity index (χ1) is 15.9. The zero-order valence-corrected chi connectivity index (χ0v) is 18.4. The van der Waals surface area contributed by atoms with Crippen molar-refractivity contribution in [2.45, 2.75) is 26.2 Å². The third kappa shape index (κ3) is 4.35. The van der Waals surface area contributed by atoms with Crippen LogP contribution >= 0.6 is 0 Å². The highest BCUT2D eigenvalue weighted by molar-refractivity contribution is 5.95. The minimum atomic E-state index is -0.790. The van der Waals surface area contributed by atoms with Crippen molar-refractivity contribution in [1.82, 2.24) is 4.98 Å². The van der Waals surface area contributed by atoms with Crippen molar-refractivity contribution in [3.8, 4) is 22.4 Å². The Morgan fingerprint density at radius 1 is 1.06 bits per heavy atom. The van der Waals surface area contributed by atoms with Gasteiger partial charge in [-0.2, -0.15) is 0 Å². The number of aromatic nitrogens is 1. The third-order valence-electron chi connectivity index (χ3n) is 5.73. The van der Waals surface area contributed by atoms with Crippen molar-refractivity contribution in [2.24, 2.45) is 0 Å². The molecule has 0 aliphatic carbocycles. The zero-order valence-electron chi connectivity index (χ0n) is 18.4. The number of esters is 1. The van der Waals surface area contributed by atoms with Gasteiger partial charge in [-0.3, -0.25) is 10.1 Å². The Morgan fingerprint density at radius 3 is 2.45 bits per heavy atom. The lowest BCUT2D eigenvalue weighted by Crippen LogP contribution is -2.05. The van der Waals surface area contributed by atoms with Gasteiger partial charge in [-0.25, -0.2) is 9.18 Å². The van der Waals surface area contributed by atoms with Crippen LogP contribution in [-0.4, -0.2) is 23.0 Å². The number of halogens is 1. The van der Waals surface area contributed by atoms with Crippen LogP contribution in [0.1, 0.15) is 35.7 Å². The number of carbonyl (C=O) groups excluding carboxylic acids is 1. The number of nitro groups is 1. The number of hydrogen-bond donors (Lipinski definition) is 1. The van der Waals surface area contributed by atoms with Crippen LogP contribution in [0.25, 0.3) is 33.3 Å². The molecule has 0 spiro atoms. The summed E-state index contributed by atoms with van der Waals surface area (Å²) in [7, 11) is 1.16. The van der Waals surface area contributed by atoms with E-state index < -0.39 is 10.9 Å². The van der Waals surface area contributed by atoms with Crippen molar-refractivity contribution in [3.63, 3.8) is 0 Å². The van der Waals surface area contributed by atoms with Gasteiger partial charge in [-0.05, 0) is 36.1 Å². The van der Waals surface area contributed by atoms with E-state index in [1.54, 1.807) is 18.2 Å². The number of benzene rings is 3. The smallest absolute Gasteiger partial charge is 0.344 e. The second-order valence-corrected chi connectivity index (χ2v) is 7.86. The largest absolute Gasteiger partial charge is 0.465 e. The molecule has 1 aromatic heterocycles. The quantitative estimate of drug-likeness (QED) is 0.195. The maximum absolute atomic E-state index is 15.4. The monoisotopic (exact) mass is 446 g/mol. The minimum absolute atomic E-state index is 0.141. The molecule has 0 aliphatic rings. The number of methoxy groups -OCH3 is 1. The number of nitrogens with zero attached hydrogens (tertiary/aromatic N) is 1. The number of rotatable bonds is 7. The number of aromatic amines is 1. The van der Waals surface area contributed by atoms with Gasteiger partial charge in [0.2, 0.25) is 0 Å². The average molecular weight is 446 g/mol. The van der Waals surface area contributed by atoms with Crippen molar-refractivity contribution in [1.29, 1.82) is 0 Å². The molecule has 4 aromatic rings. The Labute approximate surface area is 190 Å². The highest BCUT2D eigenvalue weighted by Gasteiger charge is 2.22. The molecule has 4 rings (SSSR count). The number of H-pyrrole nitrogens is 1. The third-order valence-corrected chi connectivity index (χ3v) is 5.73. The normalized spacial score (nSPS) is 11.0. The molecular formula is C26H23FN2O4. The van der Waals surface area contributed by atoms with Gasteiger partial charge >= 0.3 is 5.97 Å². The summed E-state index contributed by atoms with van der Waals surface area (Å²) < 4.78 is 20.0. The fraction of sp³-hybridized carbons (Fsp3) is 0.192. The number of hydrogen-bond acceptors (Lipinski definition) is 4. The number of aryl methyl sites for hydroxylation is 1. The van der Waals surface area contributed by atoms with Gasteiger partial charge in [0.1, 0.15) is 5.56 Å². The van der Waals surface area contributed by atoms with Crippen LogP contribution in [0.4, 0.5) is 10.1 Å². The van der Waals surface area contributed by atoms with E-state index in [1.807, 2.05) is 30.3 Å². The van der Waals surface area contributed by atoms with Crippen LogP contribution < -0.4 is 0 Å². The molecule has 0 atom stereocenters. The highest BCUT2D eigenvalue weighted by atomic mass is 19.1. The van der Waals surface area contributed by atoms with E-state index in [4.69, 9.17) is 0 Å². The maximum Gasteiger partial charge on any atom is 0.344 e. The van der Waals surface area contributed by atoms with Crippen LogP contribution in [-0.2, 0) is 11.2 Å². The Hall–Kier alpha value is -4.00. The van der Waals surface area contributed by atoms with Crippen LogP contribution in [0.15, 0.2) is 60.7 Å². The van der Waals surface area contributed by atoms with E-state index in [1.165, 1.54) is 17.7 Å². The molecule has 6 nitrogen and oxygen atoms in total. The predicted molar refractivity (Wildman–Crippen MR) is 126 cm³/mol.